The average Bonchev–Trinajstić information content (AvgIpc) is 2.96. The molecular formula is C32H39N3O4. The maximum absolute atomic E-state index is 11.9. The molecule has 2 amide bonds. The van der Waals surface area contributed by atoms with Crippen LogP contribution in [0.15, 0.2) is 85.5 Å². The molecule has 3 N–H and O–H groups in total. The van der Waals surface area contributed by atoms with Gasteiger partial charge in [0.05, 0.1) is 18.8 Å². The summed E-state index contributed by atoms with van der Waals surface area (Å²) in [6.07, 6.45) is 1.98. The van der Waals surface area contributed by atoms with Crippen molar-refractivity contribution in [2.45, 2.75) is 45.0 Å². The predicted molar refractivity (Wildman–Crippen MR) is 154 cm³/mol. The van der Waals surface area contributed by atoms with E-state index in [0.29, 0.717) is 13.1 Å². The van der Waals surface area contributed by atoms with Crippen molar-refractivity contribution < 1.29 is 19.4 Å². The molecule has 0 aliphatic carbocycles. The monoisotopic (exact) mass is 529 g/mol. The molecule has 0 spiro atoms. The van der Waals surface area contributed by atoms with Crippen molar-refractivity contribution in [3.05, 3.63) is 108 Å². The van der Waals surface area contributed by atoms with Crippen LogP contribution >= 0.6 is 0 Å². The third-order valence-electron chi connectivity index (χ3n) is 6.86. The predicted octanol–water partition coefficient (Wildman–Crippen LogP) is 5.33. The van der Waals surface area contributed by atoms with Crippen molar-refractivity contribution in [1.29, 1.82) is 0 Å². The number of nitrogens with one attached hydrogen (secondary N) is 2. The highest BCUT2D eigenvalue weighted by molar-refractivity contribution is 5.74. The fourth-order valence-electron chi connectivity index (χ4n) is 4.85. The van der Waals surface area contributed by atoms with Crippen molar-refractivity contribution >= 4 is 6.03 Å². The van der Waals surface area contributed by atoms with Gasteiger partial charge in [-0.2, -0.15) is 0 Å². The number of aliphatic hydroxyl groups is 1. The molecule has 7 nitrogen and oxygen atoms in total. The van der Waals surface area contributed by atoms with Gasteiger partial charge in [-0.3, -0.25) is 0 Å². The zero-order valence-corrected chi connectivity index (χ0v) is 22.8. The van der Waals surface area contributed by atoms with E-state index < -0.39 is 6.29 Å². The summed E-state index contributed by atoms with van der Waals surface area (Å²) in [5.74, 6) is 0. The van der Waals surface area contributed by atoms with Gasteiger partial charge >= 0.3 is 6.03 Å². The number of hydrogen-bond acceptors (Lipinski definition) is 5. The van der Waals surface area contributed by atoms with Crippen molar-refractivity contribution in [3.63, 3.8) is 0 Å². The molecule has 206 valence electrons. The summed E-state index contributed by atoms with van der Waals surface area (Å²) in [6, 6.07) is 24.1. The third-order valence-corrected chi connectivity index (χ3v) is 6.86. The maximum atomic E-state index is 11.9. The lowest BCUT2D eigenvalue weighted by molar-refractivity contribution is -0.252. The lowest BCUT2D eigenvalue weighted by atomic mass is 9.97. The van der Waals surface area contributed by atoms with Gasteiger partial charge in [-0.1, -0.05) is 78.9 Å². The second-order valence-corrected chi connectivity index (χ2v) is 9.85. The summed E-state index contributed by atoms with van der Waals surface area (Å²) in [5, 5.41) is 15.1. The molecule has 1 heterocycles. The molecule has 7 heteroatoms. The first kappa shape index (κ1) is 28.5. The molecule has 1 fully saturated rings. The molecule has 1 saturated heterocycles. The number of urea groups is 1. The molecule has 1 aliphatic rings. The minimum Gasteiger partial charge on any atom is -0.392 e. The van der Waals surface area contributed by atoms with E-state index in [-0.39, 0.29) is 24.8 Å². The van der Waals surface area contributed by atoms with Crippen molar-refractivity contribution in [2.24, 2.45) is 0 Å². The van der Waals surface area contributed by atoms with Crippen LogP contribution in [0, 0.1) is 0 Å². The summed E-state index contributed by atoms with van der Waals surface area (Å²) in [5.41, 5.74) is 6.06. The molecule has 39 heavy (non-hydrogen) atoms. The fraction of sp³-hybridized carbons (Fsp3) is 0.344. The van der Waals surface area contributed by atoms with Crippen LogP contribution in [0.4, 0.5) is 4.79 Å². The van der Waals surface area contributed by atoms with Gasteiger partial charge in [-0.25, -0.2) is 4.79 Å². The standard InChI is InChI=1S/C32H39N3O4/c1-4-18-35(3)21-28-19-30(25-12-10-23(22-36)11-13-25)39-31(38-28)26-16-14-24(15-17-26)29-9-7-6-8-27(29)20-34-32(37)33-5-2/h4,6-17,28,30-31,36H,1,5,18-22H2,2-3H3,(H2,33,34,37). The number of nitrogens with zero attached hydrogens (tertiary/aromatic N) is 1. The first-order chi connectivity index (χ1) is 19.0. The Hall–Kier alpha value is -3.49. The van der Waals surface area contributed by atoms with Crippen molar-refractivity contribution in [3.8, 4) is 11.1 Å². The first-order valence-electron chi connectivity index (χ1n) is 13.5. The maximum Gasteiger partial charge on any atom is 0.315 e. The number of aliphatic hydroxyl groups excluding tert-OH is 1. The zero-order valence-electron chi connectivity index (χ0n) is 22.8. The van der Waals surface area contributed by atoms with E-state index in [0.717, 1.165) is 52.9 Å². The minimum atomic E-state index is -0.507. The topological polar surface area (TPSA) is 83.1 Å². The van der Waals surface area contributed by atoms with E-state index in [4.69, 9.17) is 9.47 Å². The Bertz CT molecular complexity index is 1210. The quantitative estimate of drug-likeness (QED) is 0.293. The van der Waals surface area contributed by atoms with Gasteiger partial charge < -0.3 is 30.1 Å². The smallest absolute Gasteiger partial charge is 0.315 e. The van der Waals surface area contributed by atoms with E-state index >= 15 is 0 Å². The number of benzene rings is 3. The number of ether oxygens (including phenoxy) is 2. The number of hydrogen-bond donors (Lipinski definition) is 3. The number of carbonyl (C=O) groups is 1. The minimum absolute atomic E-state index is 0.0167. The van der Waals surface area contributed by atoms with Gasteiger partial charge in [0.15, 0.2) is 6.29 Å². The number of carbonyl (C=O) groups excluding carboxylic acids is 1. The first-order valence-corrected chi connectivity index (χ1v) is 13.5. The SMILES string of the molecule is C=CCN(C)CC1CC(c2ccc(CO)cc2)OC(c2ccc(-c3ccccc3CNC(=O)NCC)cc2)O1. The summed E-state index contributed by atoms with van der Waals surface area (Å²) < 4.78 is 12.9. The molecule has 3 atom stereocenters. The van der Waals surface area contributed by atoms with Crippen LogP contribution in [0.3, 0.4) is 0 Å². The van der Waals surface area contributed by atoms with Crippen molar-refractivity contribution in [2.75, 3.05) is 26.7 Å². The van der Waals surface area contributed by atoms with Crippen LogP contribution in [0.1, 0.15) is 48.0 Å². The molecule has 0 aromatic heterocycles. The highest BCUT2D eigenvalue weighted by atomic mass is 16.7. The van der Waals surface area contributed by atoms with Crippen LogP contribution in [0.25, 0.3) is 11.1 Å². The molecule has 1 aliphatic heterocycles. The van der Waals surface area contributed by atoms with E-state index in [2.05, 4.69) is 59.5 Å². The van der Waals surface area contributed by atoms with Crippen LogP contribution < -0.4 is 10.6 Å². The second kappa shape index (κ2) is 14.1. The molecule has 0 bridgehead atoms. The Labute approximate surface area is 231 Å². The van der Waals surface area contributed by atoms with Gasteiger partial charge in [-0.15, -0.1) is 6.58 Å². The second-order valence-electron chi connectivity index (χ2n) is 9.85. The summed E-state index contributed by atoms with van der Waals surface area (Å²) in [4.78, 5) is 14.1. The third kappa shape index (κ3) is 7.77. The summed E-state index contributed by atoms with van der Waals surface area (Å²) in [7, 11) is 2.06. The Kier molecular flexibility index (Phi) is 10.3. The highest BCUT2D eigenvalue weighted by Crippen LogP contribution is 2.38. The van der Waals surface area contributed by atoms with E-state index in [9.17, 15) is 9.90 Å². The zero-order chi connectivity index (χ0) is 27.6. The van der Waals surface area contributed by atoms with Gasteiger partial charge in [0.25, 0.3) is 0 Å². The average molecular weight is 530 g/mol. The number of likely N-dealkylation sites (N-methyl/N-ethyl adjacent to an activating group) is 1. The van der Waals surface area contributed by atoms with Gasteiger partial charge in [0, 0.05) is 38.2 Å². The lowest BCUT2D eigenvalue weighted by Gasteiger charge is -2.37. The highest BCUT2D eigenvalue weighted by Gasteiger charge is 2.32. The molecule has 0 radical (unpaired) electrons. The number of rotatable bonds is 11. The summed E-state index contributed by atoms with van der Waals surface area (Å²) in [6.45, 7) is 8.33. The van der Waals surface area contributed by atoms with E-state index in [1.165, 1.54) is 0 Å². The Morgan fingerprint density at radius 1 is 1.03 bits per heavy atom. The van der Waals surface area contributed by atoms with Gasteiger partial charge in [0.2, 0.25) is 0 Å². The van der Waals surface area contributed by atoms with E-state index in [1.54, 1.807) is 0 Å². The van der Waals surface area contributed by atoms with Crippen LogP contribution in [-0.4, -0.2) is 48.8 Å². The van der Waals surface area contributed by atoms with Gasteiger partial charge in [0.1, 0.15) is 0 Å². The van der Waals surface area contributed by atoms with Gasteiger partial charge in [-0.05, 0) is 41.8 Å². The molecule has 3 aromatic rings. The molecule has 3 unspecified atom stereocenters. The van der Waals surface area contributed by atoms with Crippen LogP contribution in [0.2, 0.25) is 0 Å². The number of amides is 2. The molecule has 3 aromatic carbocycles. The molecule has 0 saturated carbocycles. The summed E-state index contributed by atoms with van der Waals surface area (Å²) >= 11 is 0. The van der Waals surface area contributed by atoms with E-state index in [1.807, 2.05) is 55.5 Å². The Morgan fingerprint density at radius 3 is 2.44 bits per heavy atom. The Morgan fingerprint density at radius 2 is 1.74 bits per heavy atom. The van der Waals surface area contributed by atoms with Crippen LogP contribution in [0.5, 0.6) is 0 Å². The van der Waals surface area contributed by atoms with Crippen LogP contribution in [-0.2, 0) is 22.6 Å². The lowest BCUT2D eigenvalue weighted by Crippen LogP contribution is -2.37. The molecular weight excluding hydrogens is 490 g/mol. The van der Waals surface area contributed by atoms with Crippen molar-refractivity contribution in [1.82, 2.24) is 15.5 Å². The Balaban J connectivity index is 1.53. The normalized spacial score (nSPS) is 19.0. The fourth-order valence-corrected chi connectivity index (χ4v) is 4.85. The largest absolute Gasteiger partial charge is 0.392 e. The molecule has 4 rings (SSSR count).